The molecule has 1 amide bonds. The summed E-state index contributed by atoms with van der Waals surface area (Å²) in [6, 6.07) is 26.0. The van der Waals surface area contributed by atoms with Crippen molar-refractivity contribution in [2.45, 2.75) is 32.0 Å². The first-order valence-corrected chi connectivity index (χ1v) is 13.3. The fourth-order valence-corrected chi connectivity index (χ4v) is 5.60. The Balaban J connectivity index is 1.73. The molecule has 0 spiro atoms. The molecular formula is C32H32N4O5. The molecular weight excluding hydrogens is 520 g/mol. The molecule has 9 nitrogen and oxygen atoms in total. The zero-order chi connectivity index (χ0) is 29.1. The maximum atomic E-state index is 13.9. The highest BCUT2D eigenvalue weighted by Crippen LogP contribution is 2.46. The van der Waals surface area contributed by atoms with Crippen LogP contribution in [0.25, 0.3) is 0 Å². The number of aliphatic carboxylic acids is 1. The Morgan fingerprint density at radius 1 is 0.976 bits per heavy atom. The number of methoxy groups -OCH3 is 1. The minimum atomic E-state index is -1.51. The van der Waals surface area contributed by atoms with Gasteiger partial charge in [0.2, 0.25) is 12.0 Å². The van der Waals surface area contributed by atoms with Crippen LogP contribution in [0.1, 0.15) is 28.1 Å². The number of rotatable bonds is 8. The van der Waals surface area contributed by atoms with E-state index in [0.29, 0.717) is 34.0 Å². The zero-order valence-corrected chi connectivity index (χ0v) is 23.4. The molecule has 0 saturated carbocycles. The molecule has 9 heteroatoms. The third kappa shape index (κ3) is 5.24. The molecule has 0 aliphatic carbocycles. The number of carbonyl (C=O) groups excluding carboxylic acids is 1. The van der Waals surface area contributed by atoms with Crippen LogP contribution in [0, 0.1) is 13.8 Å². The van der Waals surface area contributed by atoms with Gasteiger partial charge in [-0.25, -0.2) is 14.8 Å². The van der Waals surface area contributed by atoms with E-state index in [1.165, 1.54) is 0 Å². The van der Waals surface area contributed by atoms with E-state index in [-0.39, 0.29) is 25.0 Å². The first-order valence-electron chi connectivity index (χ1n) is 13.3. The maximum Gasteiger partial charge on any atom is 0.347 e. The molecule has 2 heterocycles. The molecule has 1 aliphatic heterocycles. The van der Waals surface area contributed by atoms with Gasteiger partial charge in [-0.1, -0.05) is 60.7 Å². The average molecular weight is 553 g/mol. The van der Waals surface area contributed by atoms with E-state index in [1.54, 1.807) is 43.9 Å². The lowest BCUT2D eigenvalue weighted by Gasteiger charge is -2.44. The highest BCUT2D eigenvalue weighted by Gasteiger charge is 2.55. The summed E-state index contributed by atoms with van der Waals surface area (Å²) in [5.74, 6) is -0.677. The SMILES string of the molecule is COc1ccc(CN2C(=O)CN(C)C(c3ccccc3)(C(Oc3nc(C)cc(C)n3)C(=O)O)c3ccccc32)cc1. The van der Waals surface area contributed by atoms with Crippen LogP contribution in [-0.2, 0) is 21.7 Å². The van der Waals surface area contributed by atoms with Gasteiger partial charge in [-0.05, 0) is 56.3 Å². The number of likely N-dealkylation sites (N-methyl/N-ethyl adjacent to an activating group) is 1. The molecule has 210 valence electrons. The minimum Gasteiger partial charge on any atom is -0.497 e. The fraction of sp³-hybridized carbons (Fsp3) is 0.250. The van der Waals surface area contributed by atoms with Gasteiger partial charge in [0.05, 0.1) is 20.2 Å². The van der Waals surface area contributed by atoms with E-state index < -0.39 is 17.6 Å². The topological polar surface area (TPSA) is 105 Å². The second kappa shape index (κ2) is 11.4. The van der Waals surface area contributed by atoms with Gasteiger partial charge in [0.15, 0.2) is 0 Å². The quantitative estimate of drug-likeness (QED) is 0.344. The Hall–Kier alpha value is -4.76. The Kier molecular flexibility index (Phi) is 7.72. The summed E-state index contributed by atoms with van der Waals surface area (Å²) in [4.78, 5) is 39.4. The molecule has 41 heavy (non-hydrogen) atoms. The van der Waals surface area contributed by atoms with Gasteiger partial charge < -0.3 is 19.5 Å². The number of nitrogens with zero attached hydrogens (tertiary/aromatic N) is 4. The van der Waals surface area contributed by atoms with Gasteiger partial charge in [0.25, 0.3) is 0 Å². The Morgan fingerprint density at radius 3 is 2.24 bits per heavy atom. The number of hydrogen-bond acceptors (Lipinski definition) is 7. The highest BCUT2D eigenvalue weighted by atomic mass is 16.5. The summed E-state index contributed by atoms with van der Waals surface area (Å²) in [7, 11) is 3.35. The number of benzene rings is 3. The van der Waals surface area contributed by atoms with E-state index >= 15 is 0 Å². The van der Waals surface area contributed by atoms with Crippen LogP contribution in [0.2, 0.25) is 0 Å². The summed E-state index contributed by atoms with van der Waals surface area (Å²) in [6.07, 6.45) is -1.51. The average Bonchev–Trinajstić information content (AvgIpc) is 3.04. The predicted octanol–water partition coefficient (Wildman–Crippen LogP) is 4.36. The summed E-state index contributed by atoms with van der Waals surface area (Å²) >= 11 is 0. The Bertz CT molecular complexity index is 1540. The number of carboxylic acids is 1. The number of fused-ring (bicyclic) bond motifs is 1. The Morgan fingerprint density at radius 2 is 1.61 bits per heavy atom. The van der Waals surface area contributed by atoms with Gasteiger partial charge in [-0.2, -0.15) is 0 Å². The number of hydrogen-bond donors (Lipinski definition) is 1. The van der Waals surface area contributed by atoms with E-state index in [0.717, 1.165) is 5.56 Å². The molecule has 5 rings (SSSR count). The number of anilines is 1. The van der Waals surface area contributed by atoms with Gasteiger partial charge in [-0.3, -0.25) is 9.69 Å². The zero-order valence-electron chi connectivity index (χ0n) is 23.4. The number of ether oxygens (including phenoxy) is 2. The van der Waals surface area contributed by atoms with Gasteiger partial charge in [0, 0.05) is 22.6 Å². The van der Waals surface area contributed by atoms with Crippen molar-refractivity contribution in [3.63, 3.8) is 0 Å². The lowest BCUT2D eigenvalue weighted by Crippen LogP contribution is -2.59. The monoisotopic (exact) mass is 552 g/mol. The smallest absolute Gasteiger partial charge is 0.347 e. The number of amides is 1. The van der Waals surface area contributed by atoms with Crippen LogP contribution < -0.4 is 14.4 Å². The van der Waals surface area contributed by atoms with Crippen molar-refractivity contribution in [2.75, 3.05) is 25.6 Å². The largest absolute Gasteiger partial charge is 0.497 e. The van der Waals surface area contributed by atoms with Crippen molar-refractivity contribution in [2.24, 2.45) is 0 Å². The number of carbonyl (C=O) groups is 2. The van der Waals surface area contributed by atoms with Crippen molar-refractivity contribution < 1.29 is 24.2 Å². The van der Waals surface area contributed by atoms with Crippen LogP contribution in [0.15, 0.2) is 84.9 Å². The fourth-order valence-electron chi connectivity index (χ4n) is 5.60. The summed E-state index contributed by atoms with van der Waals surface area (Å²) in [5, 5.41) is 10.8. The van der Waals surface area contributed by atoms with E-state index in [2.05, 4.69) is 9.97 Å². The molecule has 0 saturated heterocycles. The van der Waals surface area contributed by atoms with Crippen molar-refractivity contribution in [1.82, 2.24) is 14.9 Å². The van der Waals surface area contributed by atoms with E-state index in [1.807, 2.05) is 78.9 Å². The van der Waals surface area contributed by atoms with Crippen molar-refractivity contribution in [3.05, 3.63) is 113 Å². The molecule has 2 unspecified atom stereocenters. The van der Waals surface area contributed by atoms with Crippen molar-refractivity contribution >= 4 is 17.6 Å². The first-order chi connectivity index (χ1) is 19.7. The number of carboxylic acid groups (broad SMARTS) is 1. The number of aromatic nitrogens is 2. The minimum absolute atomic E-state index is 0.0400. The van der Waals surface area contributed by atoms with Gasteiger partial charge in [0.1, 0.15) is 11.3 Å². The summed E-state index contributed by atoms with van der Waals surface area (Å²) in [6.45, 7) is 3.82. The molecule has 0 bridgehead atoms. The molecule has 1 N–H and O–H groups in total. The number of para-hydroxylation sites is 1. The summed E-state index contributed by atoms with van der Waals surface area (Å²) in [5.41, 5.74) is 2.66. The first kappa shape index (κ1) is 27.8. The normalized spacial score (nSPS) is 17.9. The van der Waals surface area contributed by atoms with Crippen LogP contribution in [-0.4, -0.2) is 58.7 Å². The molecule has 1 aliphatic rings. The van der Waals surface area contributed by atoms with E-state index in [4.69, 9.17) is 9.47 Å². The maximum absolute atomic E-state index is 13.9. The second-order valence-corrected chi connectivity index (χ2v) is 10.1. The van der Waals surface area contributed by atoms with Crippen LogP contribution in [0.3, 0.4) is 0 Å². The molecule has 4 aromatic rings. The van der Waals surface area contributed by atoms with Crippen LogP contribution >= 0.6 is 0 Å². The van der Waals surface area contributed by atoms with Crippen molar-refractivity contribution in [1.29, 1.82) is 0 Å². The molecule has 0 radical (unpaired) electrons. The third-order valence-electron chi connectivity index (χ3n) is 7.38. The standard InChI is InChI=1S/C32H32N4O5/c1-21-18-22(2)34-31(33-21)41-29(30(38)39)32(24-10-6-5-7-11-24)26-12-8-9-13-27(26)36(28(37)20-35(32)3)19-23-14-16-25(40-4)17-15-23/h5-18,29H,19-20H2,1-4H3,(H,38,39). The molecule has 1 aromatic heterocycles. The lowest BCUT2D eigenvalue weighted by atomic mass is 9.76. The summed E-state index contributed by atoms with van der Waals surface area (Å²) < 4.78 is 11.5. The lowest BCUT2D eigenvalue weighted by molar-refractivity contribution is -0.153. The van der Waals surface area contributed by atoms with Crippen molar-refractivity contribution in [3.8, 4) is 11.8 Å². The number of aryl methyl sites for hydroxylation is 2. The van der Waals surface area contributed by atoms with Crippen LogP contribution in [0.4, 0.5) is 5.69 Å². The van der Waals surface area contributed by atoms with Gasteiger partial charge in [-0.15, -0.1) is 0 Å². The Labute approximate surface area is 239 Å². The molecule has 3 aromatic carbocycles. The molecule has 2 atom stereocenters. The molecule has 0 fully saturated rings. The van der Waals surface area contributed by atoms with E-state index in [9.17, 15) is 14.7 Å². The van der Waals surface area contributed by atoms with Gasteiger partial charge >= 0.3 is 12.0 Å². The predicted molar refractivity (Wildman–Crippen MR) is 154 cm³/mol. The third-order valence-corrected chi connectivity index (χ3v) is 7.38. The highest BCUT2D eigenvalue weighted by molar-refractivity contribution is 5.97. The van der Waals surface area contributed by atoms with Crippen LogP contribution in [0.5, 0.6) is 11.8 Å². The second-order valence-electron chi connectivity index (χ2n) is 10.1.